The number of hydrogen-bond donors (Lipinski definition) is 0. The average molecular weight is 204 g/mol. The van der Waals surface area contributed by atoms with Crippen LogP contribution in [0, 0.1) is 0 Å². The van der Waals surface area contributed by atoms with Crippen LogP contribution in [0.25, 0.3) is 0 Å². The summed E-state index contributed by atoms with van der Waals surface area (Å²) in [5.41, 5.74) is 0. The second-order valence-corrected chi connectivity index (χ2v) is 3.95. The predicted octanol–water partition coefficient (Wildman–Crippen LogP) is 1.84. The summed E-state index contributed by atoms with van der Waals surface area (Å²) in [5.74, 6) is 0. The van der Waals surface area contributed by atoms with Crippen molar-refractivity contribution in [3.8, 4) is 0 Å². The van der Waals surface area contributed by atoms with Crippen molar-refractivity contribution in [3.05, 3.63) is 21.3 Å². The summed E-state index contributed by atoms with van der Waals surface area (Å²) >= 11 is 17.7. The Bertz CT molecular complexity index is 213. The van der Waals surface area contributed by atoms with Crippen molar-refractivity contribution in [2.75, 3.05) is 0 Å². The zero-order chi connectivity index (χ0) is 7.72. The molecule has 0 saturated heterocycles. The Labute approximate surface area is 91.1 Å². The van der Waals surface area contributed by atoms with E-state index in [1.807, 2.05) is 0 Å². The Hall–Kier alpha value is 1.02. The molecule has 0 saturated carbocycles. The van der Waals surface area contributed by atoms with E-state index in [0.717, 1.165) is 30.9 Å². The molecule has 0 spiro atoms. The third kappa shape index (κ3) is 2.00. The molecule has 0 aromatic carbocycles. The number of pyridine rings is 1. The second kappa shape index (κ2) is 3.61. The van der Waals surface area contributed by atoms with Gasteiger partial charge in [-0.1, -0.05) is 0 Å². The van der Waals surface area contributed by atoms with Gasteiger partial charge in [0.2, 0.25) is 0 Å². The van der Waals surface area contributed by atoms with E-state index in [-0.39, 0.29) is 0 Å². The number of halogens is 3. The molecule has 0 bridgehead atoms. The van der Waals surface area contributed by atoms with Gasteiger partial charge in [-0.2, -0.15) is 0 Å². The molecular formula is C5HCl3NNa. The van der Waals surface area contributed by atoms with Crippen LogP contribution < -0.4 is 2.94 Å². The van der Waals surface area contributed by atoms with Crippen LogP contribution in [0.1, 0.15) is 0 Å². The van der Waals surface area contributed by atoms with Crippen LogP contribution in [-0.2, 0) is 0 Å². The van der Waals surface area contributed by atoms with Crippen LogP contribution in [0.15, 0.2) is 6.07 Å². The molecule has 1 rings (SSSR count). The Morgan fingerprint density at radius 3 is 2.30 bits per heavy atom. The summed E-state index contributed by atoms with van der Waals surface area (Å²) in [5, 5.41) is 1.34. The zero-order valence-corrected chi connectivity index (χ0v) is 9.43. The fourth-order valence-electron chi connectivity index (χ4n) is 0.529. The Balaban J connectivity index is 3.28. The maximum absolute atomic E-state index is 5.72. The standard InChI is InChI=1S/C5HCl3N.Na/c6-3-1-4(7)5(8)9-2-3;/h1H;. The molecule has 0 radical (unpaired) electrons. The Morgan fingerprint density at radius 1 is 1.20 bits per heavy atom. The summed E-state index contributed by atoms with van der Waals surface area (Å²) in [4.78, 5) is 3.94. The minimum absolute atomic E-state index is 0.330. The maximum atomic E-state index is 5.72. The van der Waals surface area contributed by atoms with Gasteiger partial charge in [0.05, 0.1) is 0 Å². The molecule has 0 atom stereocenters. The topological polar surface area (TPSA) is 12.9 Å². The summed E-state index contributed by atoms with van der Waals surface area (Å²) in [6.07, 6.45) is 0. The van der Waals surface area contributed by atoms with Crippen molar-refractivity contribution < 1.29 is 0 Å². The van der Waals surface area contributed by atoms with E-state index in [2.05, 4.69) is 4.98 Å². The van der Waals surface area contributed by atoms with E-state index < -0.39 is 0 Å². The van der Waals surface area contributed by atoms with E-state index in [0.29, 0.717) is 15.2 Å². The van der Waals surface area contributed by atoms with E-state index in [1.54, 1.807) is 6.07 Å². The van der Waals surface area contributed by atoms with Crippen molar-refractivity contribution >= 4 is 65.7 Å². The molecule has 1 aromatic heterocycles. The van der Waals surface area contributed by atoms with Gasteiger partial charge >= 0.3 is 91.9 Å². The van der Waals surface area contributed by atoms with Crippen LogP contribution in [0.4, 0.5) is 0 Å². The molecule has 0 fully saturated rings. The van der Waals surface area contributed by atoms with Crippen molar-refractivity contribution in [1.82, 2.24) is 4.98 Å². The molecule has 0 aliphatic carbocycles. The van der Waals surface area contributed by atoms with Crippen LogP contribution in [0.3, 0.4) is 0 Å². The minimum atomic E-state index is 0.330. The molecule has 10 heavy (non-hydrogen) atoms. The number of aromatic nitrogens is 1. The summed E-state index contributed by atoms with van der Waals surface area (Å²) < 4.78 is 0.830. The molecule has 5 heteroatoms. The van der Waals surface area contributed by atoms with Crippen LogP contribution >= 0.6 is 34.8 Å². The van der Waals surface area contributed by atoms with Crippen LogP contribution in [-0.4, -0.2) is 32.9 Å². The molecule has 0 aliphatic heterocycles. The fourth-order valence-corrected chi connectivity index (χ4v) is 1.58. The molecule has 1 nitrogen and oxygen atoms in total. The first-order valence-electron chi connectivity index (χ1n) is 2.59. The zero-order valence-electron chi connectivity index (χ0n) is 5.16. The van der Waals surface area contributed by atoms with Gasteiger partial charge in [0, 0.05) is 0 Å². The summed E-state index contributed by atoms with van der Waals surface area (Å²) in [6, 6.07) is 1.61. The van der Waals surface area contributed by atoms with Crippen LogP contribution in [0.5, 0.6) is 0 Å². The molecule has 0 unspecified atom stereocenters. The molecule has 0 aliphatic rings. The van der Waals surface area contributed by atoms with E-state index >= 15 is 0 Å². The van der Waals surface area contributed by atoms with E-state index in [1.165, 1.54) is 0 Å². The molecule has 1 heterocycles. The van der Waals surface area contributed by atoms with Gasteiger partial charge in [-0.15, -0.1) is 0 Å². The number of rotatable bonds is 0. The third-order valence-corrected chi connectivity index (χ3v) is 3.20. The monoisotopic (exact) mass is 203 g/mol. The normalized spacial score (nSPS) is 10.1. The third-order valence-electron chi connectivity index (χ3n) is 1.06. The van der Waals surface area contributed by atoms with Gasteiger partial charge in [0.25, 0.3) is 0 Å². The molecule has 0 amide bonds. The van der Waals surface area contributed by atoms with Gasteiger partial charge in [0.15, 0.2) is 0 Å². The van der Waals surface area contributed by atoms with E-state index in [4.69, 9.17) is 34.8 Å². The summed E-state index contributed by atoms with van der Waals surface area (Å²) in [7, 11) is 0. The van der Waals surface area contributed by atoms with Gasteiger partial charge in [-0.25, -0.2) is 0 Å². The predicted molar refractivity (Wildman–Crippen MR) is 44.7 cm³/mol. The van der Waals surface area contributed by atoms with Crippen molar-refractivity contribution in [2.24, 2.45) is 0 Å². The Morgan fingerprint density at radius 2 is 1.80 bits per heavy atom. The molecule has 0 N–H and O–H groups in total. The second-order valence-electron chi connectivity index (χ2n) is 1.83. The van der Waals surface area contributed by atoms with Gasteiger partial charge in [-0.05, 0) is 0 Å². The molecule has 48 valence electrons. The quantitative estimate of drug-likeness (QED) is 0.464. The first-order chi connectivity index (χ1) is 4.61. The fraction of sp³-hybridized carbons (Fsp3) is 0. The SMILES string of the molecule is [Na][c]1nc(Cl)c(Cl)cc1Cl. The first kappa shape index (κ1) is 9.11. The average Bonchev–Trinajstić information content (AvgIpc) is 1.84. The number of nitrogens with zero attached hydrogens (tertiary/aromatic N) is 1. The van der Waals surface area contributed by atoms with Crippen LogP contribution in [0.2, 0.25) is 15.2 Å². The van der Waals surface area contributed by atoms with Crippen molar-refractivity contribution in [3.63, 3.8) is 0 Å². The van der Waals surface area contributed by atoms with E-state index in [9.17, 15) is 0 Å². The van der Waals surface area contributed by atoms with Gasteiger partial charge in [0.1, 0.15) is 0 Å². The summed E-state index contributed by atoms with van der Waals surface area (Å²) in [6.45, 7) is 0. The van der Waals surface area contributed by atoms with Gasteiger partial charge in [-0.3, -0.25) is 0 Å². The Kier molecular flexibility index (Phi) is 3.29. The first-order valence-corrected chi connectivity index (χ1v) is 4.73. The number of hydrogen-bond acceptors (Lipinski definition) is 1. The molecule has 1 aromatic rings. The molecular weight excluding hydrogens is 203 g/mol. The van der Waals surface area contributed by atoms with Gasteiger partial charge < -0.3 is 0 Å². The van der Waals surface area contributed by atoms with Crippen molar-refractivity contribution in [2.45, 2.75) is 0 Å². The van der Waals surface area contributed by atoms with Crippen molar-refractivity contribution in [1.29, 1.82) is 0 Å².